The molecule has 0 saturated heterocycles. The van der Waals surface area contributed by atoms with Crippen LogP contribution >= 0.6 is 0 Å². The maximum absolute atomic E-state index is 9.82. The van der Waals surface area contributed by atoms with Gasteiger partial charge in [0, 0.05) is 0 Å². The Hall–Kier alpha value is -0.860. The molecule has 100 valence electrons. The Kier molecular flexibility index (Phi) is 9.78. The molecular weight excluding hydrogens is 216 g/mol. The lowest BCUT2D eigenvalue weighted by molar-refractivity contribution is -0.148. The number of carbonyl (C=O) groups is 2. The zero-order valence-electron chi connectivity index (χ0n) is 11.4. The fourth-order valence-electron chi connectivity index (χ4n) is 2.15. The molecule has 0 aromatic rings. The van der Waals surface area contributed by atoms with Gasteiger partial charge in [0.05, 0.1) is 6.61 Å². The highest BCUT2D eigenvalue weighted by Crippen LogP contribution is 2.28. The summed E-state index contributed by atoms with van der Waals surface area (Å²) in [6.45, 7) is 6.64. The molecule has 1 fully saturated rings. The van der Waals surface area contributed by atoms with Crippen molar-refractivity contribution in [2.24, 2.45) is 11.8 Å². The average molecular weight is 242 g/mol. The minimum absolute atomic E-state index is 0.142. The Morgan fingerprint density at radius 1 is 1.24 bits per heavy atom. The minimum Gasteiger partial charge on any atom is -0.460 e. The van der Waals surface area contributed by atoms with Gasteiger partial charge in [0.25, 0.3) is 0 Å². The van der Waals surface area contributed by atoms with Gasteiger partial charge in [-0.1, -0.05) is 52.4 Å². The van der Waals surface area contributed by atoms with Crippen molar-refractivity contribution in [3.05, 3.63) is 0 Å². The molecule has 0 heterocycles. The Labute approximate surface area is 105 Å². The summed E-state index contributed by atoms with van der Waals surface area (Å²) < 4.78 is 4.18. The van der Waals surface area contributed by atoms with Crippen LogP contribution in [0.15, 0.2) is 0 Å². The summed E-state index contributed by atoms with van der Waals surface area (Å²) in [6.07, 6.45) is 9.00. The van der Waals surface area contributed by atoms with Crippen LogP contribution in [0, 0.1) is 11.8 Å². The summed E-state index contributed by atoms with van der Waals surface area (Å²) in [5.74, 6) is 1.27. The van der Waals surface area contributed by atoms with Crippen LogP contribution in [0.3, 0.4) is 0 Å². The highest BCUT2D eigenvalue weighted by atomic mass is 16.5. The number of rotatable bonds is 3. The lowest BCUT2D eigenvalue weighted by Crippen LogP contribution is -2.03. The molecule has 0 amide bonds. The van der Waals surface area contributed by atoms with E-state index < -0.39 is 5.97 Å². The molecule has 1 rings (SSSR count). The van der Waals surface area contributed by atoms with Crippen molar-refractivity contribution >= 4 is 12.3 Å². The lowest BCUT2D eigenvalue weighted by Gasteiger charge is -2.09. The van der Waals surface area contributed by atoms with E-state index in [0.29, 0.717) is 0 Å². The zero-order chi connectivity index (χ0) is 13.1. The smallest absolute Gasteiger partial charge is 0.371 e. The number of hydrogen-bond acceptors (Lipinski definition) is 3. The van der Waals surface area contributed by atoms with E-state index in [9.17, 15) is 9.59 Å². The molecule has 0 aliphatic heterocycles. The number of esters is 1. The largest absolute Gasteiger partial charge is 0.460 e. The summed E-state index contributed by atoms with van der Waals surface area (Å²) in [7, 11) is 0. The SMILES string of the molecule is CCC1CCCC(C)CC1.CCOC(=O)C=O. The zero-order valence-corrected chi connectivity index (χ0v) is 11.4. The molecule has 3 heteroatoms. The van der Waals surface area contributed by atoms with E-state index in [0.717, 1.165) is 11.8 Å². The normalized spacial score (nSPS) is 23.9. The molecule has 0 N–H and O–H groups in total. The number of carbonyl (C=O) groups excluding carboxylic acids is 2. The number of ether oxygens (including phenoxy) is 1. The summed E-state index contributed by atoms with van der Waals surface area (Å²) in [6, 6.07) is 0. The Bertz CT molecular complexity index is 214. The molecule has 1 aliphatic rings. The first-order valence-electron chi connectivity index (χ1n) is 6.75. The molecule has 0 aromatic carbocycles. The second-order valence-electron chi connectivity index (χ2n) is 4.76. The average Bonchev–Trinajstić information content (AvgIpc) is 2.55. The molecule has 2 unspecified atom stereocenters. The predicted octanol–water partition coefficient (Wildman–Crippen LogP) is 3.36. The van der Waals surface area contributed by atoms with Gasteiger partial charge in [-0.3, -0.25) is 4.79 Å². The highest BCUT2D eigenvalue weighted by molar-refractivity contribution is 6.20. The summed E-state index contributed by atoms with van der Waals surface area (Å²) in [5.41, 5.74) is 0. The van der Waals surface area contributed by atoms with Crippen LogP contribution in [-0.2, 0) is 14.3 Å². The van der Waals surface area contributed by atoms with E-state index in [4.69, 9.17) is 0 Å². The van der Waals surface area contributed by atoms with Crippen LogP contribution in [0.4, 0.5) is 0 Å². The number of hydrogen-bond donors (Lipinski definition) is 0. The molecule has 0 radical (unpaired) electrons. The molecular formula is C14H26O3. The molecule has 0 aromatic heterocycles. The quantitative estimate of drug-likeness (QED) is 0.330. The molecule has 17 heavy (non-hydrogen) atoms. The monoisotopic (exact) mass is 242 g/mol. The van der Waals surface area contributed by atoms with Gasteiger partial charge in [0.2, 0.25) is 6.29 Å². The fourth-order valence-corrected chi connectivity index (χ4v) is 2.15. The first kappa shape index (κ1) is 16.1. The van der Waals surface area contributed by atoms with Crippen molar-refractivity contribution in [2.45, 2.75) is 59.3 Å². The topological polar surface area (TPSA) is 43.4 Å². The van der Waals surface area contributed by atoms with Gasteiger partial charge < -0.3 is 4.74 Å². The van der Waals surface area contributed by atoms with Gasteiger partial charge in [-0.15, -0.1) is 0 Å². The molecule has 1 aliphatic carbocycles. The van der Waals surface area contributed by atoms with Gasteiger partial charge in [-0.25, -0.2) is 4.79 Å². The molecule has 1 saturated carbocycles. The van der Waals surface area contributed by atoms with E-state index >= 15 is 0 Å². The van der Waals surface area contributed by atoms with Crippen molar-refractivity contribution in [3.8, 4) is 0 Å². The molecule has 2 atom stereocenters. The Morgan fingerprint density at radius 3 is 2.41 bits per heavy atom. The first-order valence-corrected chi connectivity index (χ1v) is 6.75. The molecule has 0 spiro atoms. The van der Waals surface area contributed by atoms with Crippen LogP contribution in [0.25, 0.3) is 0 Å². The van der Waals surface area contributed by atoms with E-state index in [1.54, 1.807) is 6.92 Å². The van der Waals surface area contributed by atoms with Gasteiger partial charge in [0.15, 0.2) is 0 Å². The van der Waals surface area contributed by atoms with Crippen molar-refractivity contribution in [1.29, 1.82) is 0 Å². The highest BCUT2D eigenvalue weighted by Gasteiger charge is 2.13. The van der Waals surface area contributed by atoms with Crippen molar-refractivity contribution in [2.75, 3.05) is 6.61 Å². The predicted molar refractivity (Wildman–Crippen MR) is 68.7 cm³/mol. The maximum Gasteiger partial charge on any atom is 0.371 e. The Morgan fingerprint density at radius 2 is 1.94 bits per heavy atom. The van der Waals surface area contributed by atoms with Crippen molar-refractivity contribution in [3.63, 3.8) is 0 Å². The third-order valence-electron chi connectivity index (χ3n) is 3.34. The third kappa shape index (κ3) is 8.90. The second-order valence-corrected chi connectivity index (χ2v) is 4.76. The summed E-state index contributed by atoms with van der Waals surface area (Å²) in [4.78, 5) is 19.2. The minimum atomic E-state index is -0.803. The van der Waals surface area contributed by atoms with Crippen LogP contribution in [-0.4, -0.2) is 18.9 Å². The fraction of sp³-hybridized carbons (Fsp3) is 0.857. The molecule has 3 nitrogen and oxygen atoms in total. The van der Waals surface area contributed by atoms with Crippen LogP contribution in [0.2, 0.25) is 0 Å². The van der Waals surface area contributed by atoms with Crippen LogP contribution in [0.5, 0.6) is 0 Å². The lowest BCUT2D eigenvalue weighted by atomic mass is 9.97. The maximum atomic E-state index is 9.82. The van der Waals surface area contributed by atoms with Gasteiger partial charge in [-0.2, -0.15) is 0 Å². The standard InChI is InChI=1S/C10H20.C4H6O3/c1-3-10-6-4-5-9(2)7-8-10;1-2-7-4(6)3-5/h9-10H,3-8H2,1-2H3;3H,2H2,1H3. The third-order valence-corrected chi connectivity index (χ3v) is 3.34. The second kappa shape index (κ2) is 10.3. The van der Waals surface area contributed by atoms with E-state index in [2.05, 4.69) is 18.6 Å². The molecule has 0 bridgehead atoms. The van der Waals surface area contributed by atoms with Gasteiger partial charge >= 0.3 is 5.97 Å². The van der Waals surface area contributed by atoms with Gasteiger partial charge in [0.1, 0.15) is 0 Å². The van der Waals surface area contributed by atoms with E-state index in [1.807, 2.05) is 0 Å². The number of aldehydes is 1. The van der Waals surface area contributed by atoms with E-state index in [-0.39, 0.29) is 12.9 Å². The van der Waals surface area contributed by atoms with Crippen molar-refractivity contribution < 1.29 is 14.3 Å². The summed E-state index contributed by atoms with van der Waals surface area (Å²) in [5, 5.41) is 0. The van der Waals surface area contributed by atoms with Gasteiger partial charge in [-0.05, 0) is 18.8 Å². The van der Waals surface area contributed by atoms with Crippen LogP contribution in [0.1, 0.15) is 59.3 Å². The van der Waals surface area contributed by atoms with Crippen molar-refractivity contribution in [1.82, 2.24) is 0 Å². The summed E-state index contributed by atoms with van der Waals surface area (Å²) >= 11 is 0. The first-order chi connectivity index (χ1) is 8.13. The van der Waals surface area contributed by atoms with Crippen LogP contribution < -0.4 is 0 Å². The Balaban J connectivity index is 0.000000325. The van der Waals surface area contributed by atoms with E-state index in [1.165, 1.54) is 38.5 Å².